The van der Waals surface area contributed by atoms with E-state index in [9.17, 15) is 9.90 Å². The number of carbonyl (C=O) groups excluding carboxylic acids is 1. The lowest BCUT2D eigenvalue weighted by Gasteiger charge is -2.20. The summed E-state index contributed by atoms with van der Waals surface area (Å²) >= 11 is 0. The van der Waals surface area contributed by atoms with Crippen LogP contribution in [0.3, 0.4) is 0 Å². The number of aryl methyl sites for hydroxylation is 1. The van der Waals surface area contributed by atoms with E-state index in [2.05, 4.69) is 60.1 Å². The Balaban J connectivity index is 1.79. The quantitative estimate of drug-likeness (QED) is 0.494. The SMILES string of the molecule is Cc1cc(/C=N/NC(=O)c2cccc(O)c2)c(C)n1-c1ccc(C(C)(C)C)cc1. The number of phenolic OH excluding ortho intramolecular Hbond substituents is 1. The zero-order chi connectivity index (χ0) is 21.2. The minimum absolute atomic E-state index is 0.0441. The van der Waals surface area contributed by atoms with E-state index in [4.69, 9.17) is 0 Å². The second-order valence-corrected chi connectivity index (χ2v) is 8.21. The molecule has 0 saturated carbocycles. The zero-order valence-electron chi connectivity index (χ0n) is 17.5. The van der Waals surface area contributed by atoms with Gasteiger partial charge in [0.25, 0.3) is 5.91 Å². The summed E-state index contributed by atoms with van der Waals surface area (Å²) in [5, 5.41) is 13.6. The van der Waals surface area contributed by atoms with Gasteiger partial charge >= 0.3 is 0 Å². The summed E-state index contributed by atoms with van der Waals surface area (Å²) in [6, 6.07) is 16.8. The predicted molar refractivity (Wildman–Crippen MR) is 117 cm³/mol. The molecule has 0 fully saturated rings. The molecular weight excluding hydrogens is 362 g/mol. The lowest BCUT2D eigenvalue weighted by molar-refractivity contribution is 0.0954. The molecule has 0 aliphatic heterocycles. The molecule has 5 nitrogen and oxygen atoms in total. The summed E-state index contributed by atoms with van der Waals surface area (Å²) in [6.07, 6.45) is 1.64. The van der Waals surface area contributed by atoms with Gasteiger partial charge in [0.15, 0.2) is 0 Å². The fraction of sp³-hybridized carbons (Fsp3) is 0.250. The van der Waals surface area contributed by atoms with E-state index >= 15 is 0 Å². The van der Waals surface area contributed by atoms with Crippen LogP contribution in [0.5, 0.6) is 5.75 Å². The van der Waals surface area contributed by atoms with Crippen molar-refractivity contribution in [3.63, 3.8) is 0 Å². The van der Waals surface area contributed by atoms with Crippen LogP contribution in [0.15, 0.2) is 59.7 Å². The van der Waals surface area contributed by atoms with Crippen molar-refractivity contribution in [3.05, 3.63) is 82.7 Å². The van der Waals surface area contributed by atoms with Crippen LogP contribution in [0.2, 0.25) is 0 Å². The third kappa shape index (κ3) is 4.57. The maximum absolute atomic E-state index is 12.1. The summed E-state index contributed by atoms with van der Waals surface area (Å²) in [6.45, 7) is 10.7. The molecule has 0 spiro atoms. The third-order valence-electron chi connectivity index (χ3n) is 4.94. The van der Waals surface area contributed by atoms with Gasteiger partial charge < -0.3 is 9.67 Å². The van der Waals surface area contributed by atoms with Crippen molar-refractivity contribution in [1.82, 2.24) is 9.99 Å². The number of hydrogen-bond acceptors (Lipinski definition) is 3. The number of aromatic hydroxyl groups is 1. The van der Waals surface area contributed by atoms with Crippen LogP contribution in [0.1, 0.15) is 53.6 Å². The summed E-state index contributed by atoms with van der Waals surface area (Å²) in [4.78, 5) is 12.1. The van der Waals surface area contributed by atoms with Crippen molar-refractivity contribution < 1.29 is 9.90 Å². The lowest BCUT2D eigenvalue weighted by atomic mass is 9.87. The van der Waals surface area contributed by atoms with Crippen LogP contribution in [-0.4, -0.2) is 21.8 Å². The molecule has 1 aromatic heterocycles. The van der Waals surface area contributed by atoms with Gasteiger partial charge in [0.1, 0.15) is 5.75 Å². The smallest absolute Gasteiger partial charge is 0.271 e. The number of aromatic nitrogens is 1. The molecule has 2 N–H and O–H groups in total. The van der Waals surface area contributed by atoms with E-state index in [0.29, 0.717) is 5.56 Å². The van der Waals surface area contributed by atoms with Crippen molar-refractivity contribution >= 4 is 12.1 Å². The van der Waals surface area contributed by atoms with E-state index in [1.54, 1.807) is 18.3 Å². The van der Waals surface area contributed by atoms with Gasteiger partial charge in [-0.3, -0.25) is 4.79 Å². The number of hydrogen-bond donors (Lipinski definition) is 2. The summed E-state index contributed by atoms with van der Waals surface area (Å²) < 4.78 is 2.17. The van der Waals surface area contributed by atoms with Crippen LogP contribution >= 0.6 is 0 Å². The topological polar surface area (TPSA) is 66.6 Å². The first-order chi connectivity index (χ1) is 13.7. The standard InChI is InChI=1S/C24H27N3O2/c1-16-13-19(15-25-26-23(29)18-7-6-8-22(28)14-18)17(2)27(16)21-11-9-20(10-12-21)24(3,4)5/h6-15,28H,1-5H3,(H,26,29)/b25-15+. The molecule has 3 rings (SSSR count). The van der Waals surface area contributed by atoms with Crippen LogP contribution in [-0.2, 0) is 5.41 Å². The summed E-state index contributed by atoms with van der Waals surface area (Å²) in [7, 11) is 0. The number of phenols is 1. The predicted octanol–water partition coefficient (Wildman–Crippen LogP) is 4.86. The molecule has 0 aliphatic rings. The van der Waals surface area contributed by atoms with E-state index in [1.165, 1.54) is 17.7 Å². The van der Waals surface area contributed by atoms with Crippen molar-refractivity contribution in [2.24, 2.45) is 5.10 Å². The van der Waals surface area contributed by atoms with Gasteiger partial charge in [-0.25, -0.2) is 5.43 Å². The van der Waals surface area contributed by atoms with Gasteiger partial charge in [0.2, 0.25) is 0 Å². The molecular formula is C24H27N3O2. The first-order valence-corrected chi connectivity index (χ1v) is 9.59. The molecule has 0 unspecified atom stereocenters. The highest BCUT2D eigenvalue weighted by Crippen LogP contribution is 2.25. The molecule has 0 aliphatic carbocycles. The zero-order valence-corrected chi connectivity index (χ0v) is 17.5. The summed E-state index contributed by atoms with van der Waals surface area (Å²) in [5.74, 6) is -0.327. The van der Waals surface area contributed by atoms with Crippen molar-refractivity contribution in [2.45, 2.75) is 40.0 Å². The molecule has 5 heteroatoms. The van der Waals surface area contributed by atoms with Crippen LogP contribution in [0.25, 0.3) is 5.69 Å². The monoisotopic (exact) mass is 389 g/mol. The molecule has 3 aromatic rings. The average Bonchev–Trinajstić information content (AvgIpc) is 2.94. The van der Waals surface area contributed by atoms with E-state index in [-0.39, 0.29) is 17.1 Å². The maximum Gasteiger partial charge on any atom is 0.271 e. The number of rotatable bonds is 4. The minimum atomic E-state index is -0.372. The molecule has 150 valence electrons. The van der Waals surface area contributed by atoms with E-state index in [1.807, 2.05) is 19.9 Å². The number of carbonyl (C=O) groups is 1. The maximum atomic E-state index is 12.1. The Bertz CT molecular complexity index is 1050. The highest BCUT2D eigenvalue weighted by molar-refractivity contribution is 5.95. The number of hydrazone groups is 1. The van der Waals surface area contributed by atoms with Crippen LogP contribution in [0, 0.1) is 13.8 Å². The Hall–Kier alpha value is -3.34. The molecule has 29 heavy (non-hydrogen) atoms. The number of amides is 1. The lowest BCUT2D eigenvalue weighted by Crippen LogP contribution is -2.17. The van der Waals surface area contributed by atoms with Gasteiger partial charge in [-0.15, -0.1) is 0 Å². The van der Waals surface area contributed by atoms with Crippen LogP contribution < -0.4 is 5.43 Å². The van der Waals surface area contributed by atoms with E-state index < -0.39 is 0 Å². The first kappa shape index (κ1) is 20.4. The van der Waals surface area contributed by atoms with Gasteiger partial charge in [-0.2, -0.15) is 5.10 Å². The fourth-order valence-electron chi connectivity index (χ4n) is 3.30. The van der Waals surface area contributed by atoms with Gasteiger partial charge in [0, 0.05) is 28.2 Å². The van der Waals surface area contributed by atoms with Gasteiger partial charge in [0.05, 0.1) is 6.21 Å². The van der Waals surface area contributed by atoms with Crippen molar-refractivity contribution in [1.29, 1.82) is 0 Å². The molecule has 2 aromatic carbocycles. The fourth-order valence-corrected chi connectivity index (χ4v) is 3.30. The van der Waals surface area contributed by atoms with Gasteiger partial charge in [-0.05, 0) is 61.2 Å². The Morgan fingerprint density at radius 3 is 2.38 bits per heavy atom. The van der Waals surface area contributed by atoms with Crippen LogP contribution in [0.4, 0.5) is 0 Å². The minimum Gasteiger partial charge on any atom is -0.508 e. The molecule has 0 atom stereocenters. The van der Waals surface area contributed by atoms with Crippen molar-refractivity contribution in [2.75, 3.05) is 0 Å². The van der Waals surface area contributed by atoms with Gasteiger partial charge in [-0.1, -0.05) is 39.0 Å². The Kier molecular flexibility index (Phi) is 5.59. The van der Waals surface area contributed by atoms with Crippen molar-refractivity contribution in [3.8, 4) is 11.4 Å². The molecule has 1 heterocycles. The first-order valence-electron chi connectivity index (χ1n) is 9.59. The largest absolute Gasteiger partial charge is 0.508 e. The highest BCUT2D eigenvalue weighted by Gasteiger charge is 2.14. The summed E-state index contributed by atoms with van der Waals surface area (Å²) in [5.41, 5.74) is 8.42. The Morgan fingerprint density at radius 2 is 1.76 bits per heavy atom. The molecule has 1 amide bonds. The molecule has 0 saturated heterocycles. The second-order valence-electron chi connectivity index (χ2n) is 8.21. The second kappa shape index (κ2) is 7.95. The normalized spacial score (nSPS) is 11.8. The van der Waals surface area contributed by atoms with E-state index in [0.717, 1.165) is 22.6 Å². The number of nitrogens with one attached hydrogen (secondary N) is 1. The Morgan fingerprint density at radius 1 is 1.07 bits per heavy atom. The number of nitrogens with zero attached hydrogens (tertiary/aromatic N) is 2. The highest BCUT2D eigenvalue weighted by atomic mass is 16.3. The molecule has 0 radical (unpaired) electrons. The third-order valence-corrected chi connectivity index (χ3v) is 4.94. The number of benzene rings is 2. The average molecular weight is 389 g/mol. The molecule has 0 bridgehead atoms. The Labute approximate surface area is 171 Å².